The number of ether oxygens (including phenoxy) is 2. The van der Waals surface area contributed by atoms with E-state index in [1.807, 2.05) is 13.8 Å². The van der Waals surface area contributed by atoms with E-state index in [4.69, 9.17) is 9.47 Å². The number of hydrogen-bond donors (Lipinski definition) is 2. The molecule has 0 saturated heterocycles. The summed E-state index contributed by atoms with van der Waals surface area (Å²) in [6, 6.07) is 6.24. The van der Waals surface area contributed by atoms with Crippen LogP contribution >= 0.6 is 24.0 Å². The highest BCUT2D eigenvalue weighted by Crippen LogP contribution is 2.30. The zero-order valence-electron chi connectivity index (χ0n) is 16.7. The lowest BCUT2D eigenvalue weighted by atomic mass is 10.1. The first-order valence-electron chi connectivity index (χ1n) is 9.34. The van der Waals surface area contributed by atoms with E-state index < -0.39 is 0 Å². The van der Waals surface area contributed by atoms with Gasteiger partial charge in [-0.3, -0.25) is 9.79 Å². The Morgan fingerprint density at radius 2 is 2.04 bits per heavy atom. The summed E-state index contributed by atoms with van der Waals surface area (Å²) in [6.45, 7) is 7.63. The standard InChI is InChI=1S/C20H31N3O3.HI/c1-14(2)26-19(24)9-10-22-20(21-4)23-12-17-8-5-15(3)11-18(17)25-13-16-6-7-16;/h5,8,11,14,16H,6-7,9-10,12-13H2,1-4H3,(H2,21,22,23);1H. The number of carbonyl (C=O) groups excluding carboxylic acids is 1. The fourth-order valence-corrected chi connectivity index (χ4v) is 2.44. The predicted octanol–water partition coefficient (Wildman–Crippen LogP) is 3.41. The highest BCUT2D eigenvalue weighted by Gasteiger charge is 2.22. The first-order valence-corrected chi connectivity index (χ1v) is 9.34. The van der Waals surface area contributed by atoms with Gasteiger partial charge in [0.25, 0.3) is 0 Å². The van der Waals surface area contributed by atoms with Crippen molar-refractivity contribution in [2.75, 3.05) is 20.2 Å². The van der Waals surface area contributed by atoms with Crippen molar-refractivity contribution in [3.8, 4) is 5.75 Å². The molecule has 6 nitrogen and oxygen atoms in total. The molecule has 1 aliphatic rings. The number of esters is 1. The third-order valence-electron chi connectivity index (χ3n) is 4.05. The molecule has 1 aliphatic carbocycles. The molecule has 1 saturated carbocycles. The Balaban J connectivity index is 0.00000364. The van der Waals surface area contributed by atoms with Crippen molar-refractivity contribution < 1.29 is 14.3 Å². The molecule has 7 heteroatoms. The van der Waals surface area contributed by atoms with E-state index >= 15 is 0 Å². The van der Waals surface area contributed by atoms with E-state index in [0.717, 1.165) is 23.8 Å². The highest BCUT2D eigenvalue weighted by molar-refractivity contribution is 14.0. The van der Waals surface area contributed by atoms with Gasteiger partial charge in [-0.25, -0.2) is 0 Å². The summed E-state index contributed by atoms with van der Waals surface area (Å²) in [5, 5.41) is 6.40. The Labute approximate surface area is 179 Å². The molecule has 0 amide bonds. The molecule has 0 aromatic heterocycles. The zero-order chi connectivity index (χ0) is 18.9. The lowest BCUT2D eigenvalue weighted by Crippen LogP contribution is -2.38. The molecular weight excluding hydrogens is 457 g/mol. The second kappa shape index (κ2) is 12.0. The summed E-state index contributed by atoms with van der Waals surface area (Å²) >= 11 is 0. The lowest BCUT2D eigenvalue weighted by molar-refractivity contribution is -0.147. The summed E-state index contributed by atoms with van der Waals surface area (Å²) in [4.78, 5) is 15.8. The number of guanidine groups is 1. The summed E-state index contributed by atoms with van der Waals surface area (Å²) in [6.07, 6.45) is 2.76. The number of rotatable bonds is 9. The summed E-state index contributed by atoms with van der Waals surface area (Å²) in [5.74, 6) is 2.09. The van der Waals surface area contributed by atoms with Crippen molar-refractivity contribution in [3.63, 3.8) is 0 Å². The van der Waals surface area contributed by atoms with Crippen LogP contribution in [0, 0.1) is 12.8 Å². The van der Waals surface area contributed by atoms with Gasteiger partial charge in [-0.1, -0.05) is 12.1 Å². The average molecular weight is 489 g/mol. The smallest absolute Gasteiger partial charge is 0.307 e. The normalized spacial score (nSPS) is 13.7. The maximum Gasteiger partial charge on any atom is 0.307 e. The number of aliphatic imine (C=N–C) groups is 1. The van der Waals surface area contributed by atoms with Gasteiger partial charge in [0.2, 0.25) is 0 Å². The number of nitrogens with one attached hydrogen (secondary N) is 2. The number of aryl methyl sites for hydroxylation is 1. The van der Waals surface area contributed by atoms with Gasteiger partial charge in [0.15, 0.2) is 5.96 Å². The Morgan fingerprint density at radius 1 is 1.30 bits per heavy atom. The first-order chi connectivity index (χ1) is 12.5. The molecule has 0 heterocycles. The Hall–Kier alpha value is -1.51. The van der Waals surface area contributed by atoms with Gasteiger partial charge in [-0.2, -0.15) is 0 Å². The highest BCUT2D eigenvalue weighted by atomic mass is 127. The van der Waals surface area contributed by atoms with Crippen molar-refractivity contribution in [1.29, 1.82) is 0 Å². The SMILES string of the molecule is CN=C(NCCC(=O)OC(C)C)NCc1ccc(C)cc1OCC1CC1.I. The number of halogens is 1. The Morgan fingerprint density at radius 3 is 2.67 bits per heavy atom. The van der Waals surface area contributed by atoms with E-state index in [2.05, 4.69) is 40.7 Å². The van der Waals surface area contributed by atoms with E-state index in [9.17, 15) is 4.79 Å². The molecule has 0 radical (unpaired) electrons. The number of hydrogen-bond acceptors (Lipinski definition) is 4. The van der Waals surface area contributed by atoms with Gasteiger partial charge < -0.3 is 20.1 Å². The van der Waals surface area contributed by atoms with Gasteiger partial charge in [-0.05, 0) is 51.2 Å². The topological polar surface area (TPSA) is 72.0 Å². The van der Waals surface area contributed by atoms with Crippen molar-refractivity contribution in [1.82, 2.24) is 10.6 Å². The minimum absolute atomic E-state index is 0. The zero-order valence-corrected chi connectivity index (χ0v) is 19.0. The Kier molecular flexibility index (Phi) is 10.5. The molecule has 1 aromatic rings. The van der Waals surface area contributed by atoms with Crippen molar-refractivity contribution in [3.05, 3.63) is 29.3 Å². The molecule has 0 spiro atoms. The van der Waals surface area contributed by atoms with Gasteiger partial charge in [-0.15, -0.1) is 24.0 Å². The van der Waals surface area contributed by atoms with Gasteiger partial charge in [0.1, 0.15) is 5.75 Å². The van der Waals surface area contributed by atoms with Gasteiger partial charge in [0.05, 0.1) is 19.1 Å². The maximum absolute atomic E-state index is 11.6. The first kappa shape index (κ1) is 23.5. The van der Waals surface area contributed by atoms with Crippen LogP contribution in [0.25, 0.3) is 0 Å². The van der Waals surface area contributed by atoms with Crippen LogP contribution in [-0.4, -0.2) is 38.2 Å². The third-order valence-corrected chi connectivity index (χ3v) is 4.05. The van der Waals surface area contributed by atoms with Crippen molar-refractivity contribution in [2.45, 2.75) is 52.7 Å². The minimum atomic E-state index is -0.211. The van der Waals surface area contributed by atoms with Crippen LogP contribution in [0.2, 0.25) is 0 Å². The molecule has 1 fully saturated rings. The molecule has 27 heavy (non-hydrogen) atoms. The second-order valence-corrected chi connectivity index (χ2v) is 7.01. The summed E-state index contributed by atoms with van der Waals surface area (Å²) in [5.41, 5.74) is 2.28. The second-order valence-electron chi connectivity index (χ2n) is 7.01. The van der Waals surface area contributed by atoms with E-state index in [1.54, 1.807) is 7.05 Å². The molecule has 152 valence electrons. The van der Waals surface area contributed by atoms with E-state index in [-0.39, 0.29) is 36.0 Å². The molecule has 0 atom stereocenters. The molecule has 1 aromatic carbocycles. The molecule has 2 rings (SSSR count). The summed E-state index contributed by atoms with van der Waals surface area (Å²) in [7, 11) is 1.71. The quantitative estimate of drug-likeness (QED) is 0.241. The van der Waals surface area contributed by atoms with Crippen LogP contribution in [0.5, 0.6) is 5.75 Å². The Bertz CT molecular complexity index is 631. The number of nitrogens with zero attached hydrogens (tertiary/aromatic N) is 1. The number of benzene rings is 1. The predicted molar refractivity (Wildman–Crippen MR) is 119 cm³/mol. The lowest BCUT2D eigenvalue weighted by Gasteiger charge is -2.15. The van der Waals surface area contributed by atoms with E-state index in [0.29, 0.717) is 25.5 Å². The summed E-state index contributed by atoms with van der Waals surface area (Å²) < 4.78 is 11.1. The molecule has 0 aliphatic heterocycles. The van der Waals surface area contributed by atoms with E-state index in [1.165, 1.54) is 18.4 Å². The van der Waals surface area contributed by atoms with Gasteiger partial charge >= 0.3 is 5.97 Å². The number of carbonyl (C=O) groups is 1. The molecule has 0 unspecified atom stereocenters. The average Bonchev–Trinajstić information content (AvgIpc) is 3.41. The largest absolute Gasteiger partial charge is 0.493 e. The molecular formula is C20H32IN3O3. The molecule has 0 bridgehead atoms. The van der Waals surface area contributed by atoms with Crippen molar-refractivity contribution >= 4 is 35.9 Å². The van der Waals surface area contributed by atoms with Crippen LogP contribution in [0.4, 0.5) is 0 Å². The maximum atomic E-state index is 11.6. The molecule has 2 N–H and O–H groups in total. The monoisotopic (exact) mass is 489 g/mol. The van der Waals surface area contributed by atoms with Gasteiger partial charge in [0, 0.05) is 25.7 Å². The van der Waals surface area contributed by atoms with Crippen LogP contribution in [-0.2, 0) is 16.1 Å². The fraction of sp³-hybridized carbons (Fsp3) is 0.600. The minimum Gasteiger partial charge on any atom is -0.493 e. The fourth-order valence-electron chi connectivity index (χ4n) is 2.44. The van der Waals surface area contributed by atoms with Crippen LogP contribution in [0.1, 0.15) is 44.2 Å². The third kappa shape index (κ3) is 9.30. The van der Waals surface area contributed by atoms with Crippen LogP contribution < -0.4 is 15.4 Å². The van der Waals surface area contributed by atoms with Crippen LogP contribution in [0.15, 0.2) is 23.2 Å². The van der Waals surface area contributed by atoms with Crippen LogP contribution in [0.3, 0.4) is 0 Å². The van der Waals surface area contributed by atoms with Crippen molar-refractivity contribution in [2.24, 2.45) is 10.9 Å².